The standard InChI is InChI=1S/C14H17ClN2O/c1-9(12-6-4-5-7-14(12)15)16-8-13-10(2)17-18-11(13)3/h4-7,9,16H,8H2,1-3H3/t9-/m1/s1. The van der Waals surface area contributed by atoms with E-state index < -0.39 is 0 Å². The van der Waals surface area contributed by atoms with Crippen molar-refractivity contribution >= 4 is 11.6 Å². The van der Waals surface area contributed by atoms with Gasteiger partial charge in [0.05, 0.1) is 5.69 Å². The molecule has 1 atom stereocenters. The fourth-order valence-corrected chi connectivity index (χ4v) is 2.25. The molecule has 0 radical (unpaired) electrons. The van der Waals surface area contributed by atoms with Gasteiger partial charge in [0.1, 0.15) is 5.76 Å². The van der Waals surface area contributed by atoms with Gasteiger partial charge in [-0.1, -0.05) is 35.0 Å². The number of rotatable bonds is 4. The molecule has 4 heteroatoms. The number of nitrogens with one attached hydrogen (secondary N) is 1. The average molecular weight is 265 g/mol. The van der Waals surface area contributed by atoms with Crippen molar-refractivity contribution in [2.75, 3.05) is 0 Å². The van der Waals surface area contributed by atoms with Gasteiger partial charge < -0.3 is 9.84 Å². The van der Waals surface area contributed by atoms with E-state index in [4.69, 9.17) is 16.1 Å². The van der Waals surface area contributed by atoms with Gasteiger partial charge in [-0.25, -0.2) is 0 Å². The normalized spacial score (nSPS) is 12.7. The van der Waals surface area contributed by atoms with Gasteiger partial charge in [-0.3, -0.25) is 0 Å². The van der Waals surface area contributed by atoms with Crippen LogP contribution in [-0.4, -0.2) is 5.16 Å². The van der Waals surface area contributed by atoms with Gasteiger partial charge in [-0.15, -0.1) is 0 Å². The van der Waals surface area contributed by atoms with Gasteiger partial charge in [0.15, 0.2) is 0 Å². The van der Waals surface area contributed by atoms with E-state index in [1.165, 1.54) is 0 Å². The Kier molecular flexibility index (Phi) is 4.04. The zero-order valence-corrected chi connectivity index (χ0v) is 11.6. The molecule has 0 aliphatic rings. The summed E-state index contributed by atoms with van der Waals surface area (Å²) in [7, 11) is 0. The zero-order chi connectivity index (χ0) is 13.1. The van der Waals surface area contributed by atoms with E-state index in [0.717, 1.165) is 34.1 Å². The number of nitrogens with zero attached hydrogens (tertiary/aromatic N) is 1. The molecule has 0 amide bonds. The first kappa shape index (κ1) is 13.1. The zero-order valence-electron chi connectivity index (χ0n) is 10.8. The van der Waals surface area contributed by atoms with Gasteiger partial charge in [0.2, 0.25) is 0 Å². The van der Waals surface area contributed by atoms with Crippen molar-refractivity contribution in [2.45, 2.75) is 33.4 Å². The Morgan fingerprint density at radius 1 is 1.33 bits per heavy atom. The van der Waals surface area contributed by atoms with E-state index >= 15 is 0 Å². The van der Waals surface area contributed by atoms with Crippen molar-refractivity contribution in [1.82, 2.24) is 10.5 Å². The van der Waals surface area contributed by atoms with Crippen LogP contribution in [-0.2, 0) is 6.54 Å². The molecular weight excluding hydrogens is 248 g/mol. The summed E-state index contributed by atoms with van der Waals surface area (Å²) in [5.74, 6) is 0.867. The Labute approximate surface area is 112 Å². The first-order chi connectivity index (χ1) is 8.59. The highest BCUT2D eigenvalue weighted by Crippen LogP contribution is 2.23. The van der Waals surface area contributed by atoms with E-state index in [-0.39, 0.29) is 6.04 Å². The second-order valence-corrected chi connectivity index (χ2v) is 4.83. The third-order valence-electron chi connectivity index (χ3n) is 3.14. The van der Waals surface area contributed by atoms with Crippen LogP contribution in [0.1, 0.15) is 35.5 Å². The van der Waals surface area contributed by atoms with Crippen LogP contribution in [0.3, 0.4) is 0 Å². The Morgan fingerprint density at radius 2 is 2.06 bits per heavy atom. The Morgan fingerprint density at radius 3 is 2.67 bits per heavy atom. The second kappa shape index (κ2) is 5.55. The molecule has 1 N–H and O–H groups in total. The van der Waals surface area contributed by atoms with Crippen LogP contribution in [0.15, 0.2) is 28.8 Å². The largest absolute Gasteiger partial charge is 0.361 e. The number of aryl methyl sites for hydroxylation is 2. The van der Waals surface area contributed by atoms with Crippen LogP contribution in [0.2, 0.25) is 5.02 Å². The summed E-state index contributed by atoms with van der Waals surface area (Å²) in [6.07, 6.45) is 0. The molecule has 0 spiro atoms. The number of hydrogen-bond donors (Lipinski definition) is 1. The fourth-order valence-electron chi connectivity index (χ4n) is 1.95. The SMILES string of the molecule is Cc1noc(C)c1CN[C@H](C)c1ccccc1Cl. The maximum absolute atomic E-state index is 6.17. The molecule has 0 saturated carbocycles. The lowest BCUT2D eigenvalue weighted by Gasteiger charge is -2.15. The molecule has 0 unspecified atom stereocenters. The van der Waals surface area contributed by atoms with Crippen LogP contribution in [0.5, 0.6) is 0 Å². The molecule has 0 fully saturated rings. The number of halogens is 1. The quantitative estimate of drug-likeness (QED) is 0.913. The van der Waals surface area contributed by atoms with E-state index in [0.29, 0.717) is 0 Å². The van der Waals surface area contributed by atoms with Crippen molar-refractivity contribution < 1.29 is 4.52 Å². The second-order valence-electron chi connectivity index (χ2n) is 4.43. The summed E-state index contributed by atoms with van der Waals surface area (Å²) in [6, 6.07) is 8.06. The highest BCUT2D eigenvalue weighted by Gasteiger charge is 2.12. The topological polar surface area (TPSA) is 38.1 Å². The molecule has 0 aliphatic carbocycles. The van der Waals surface area contributed by atoms with Crippen molar-refractivity contribution in [2.24, 2.45) is 0 Å². The van der Waals surface area contributed by atoms with Crippen molar-refractivity contribution in [3.8, 4) is 0 Å². The fraction of sp³-hybridized carbons (Fsp3) is 0.357. The van der Waals surface area contributed by atoms with Crippen LogP contribution in [0, 0.1) is 13.8 Å². The van der Waals surface area contributed by atoms with Crippen LogP contribution in [0.4, 0.5) is 0 Å². The van der Waals surface area contributed by atoms with E-state index in [2.05, 4.69) is 17.4 Å². The maximum atomic E-state index is 6.17. The smallest absolute Gasteiger partial charge is 0.138 e. The van der Waals surface area contributed by atoms with Gasteiger partial charge in [0, 0.05) is 23.2 Å². The summed E-state index contributed by atoms with van der Waals surface area (Å²) in [6.45, 7) is 6.71. The minimum atomic E-state index is 0.187. The lowest BCUT2D eigenvalue weighted by Crippen LogP contribution is -2.19. The third kappa shape index (κ3) is 2.74. The molecule has 18 heavy (non-hydrogen) atoms. The Bertz CT molecular complexity index is 517. The summed E-state index contributed by atoms with van der Waals surface area (Å²) in [5, 5.41) is 8.17. The van der Waals surface area contributed by atoms with E-state index in [9.17, 15) is 0 Å². The molecule has 0 bridgehead atoms. The summed E-state index contributed by atoms with van der Waals surface area (Å²) in [5.41, 5.74) is 3.16. The summed E-state index contributed by atoms with van der Waals surface area (Å²) < 4.78 is 5.14. The highest BCUT2D eigenvalue weighted by atomic mass is 35.5. The third-order valence-corrected chi connectivity index (χ3v) is 3.48. The van der Waals surface area contributed by atoms with Crippen LogP contribution < -0.4 is 5.32 Å². The Balaban J connectivity index is 2.05. The molecule has 2 aromatic rings. The van der Waals surface area contributed by atoms with Gasteiger partial charge >= 0.3 is 0 Å². The molecule has 0 saturated heterocycles. The number of aromatic nitrogens is 1. The minimum absolute atomic E-state index is 0.187. The van der Waals surface area contributed by atoms with Crippen molar-refractivity contribution in [1.29, 1.82) is 0 Å². The van der Waals surface area contributed by atoms with Crippen LogP contribution in [0.25, 0.3) is 0 Å². The Hall–Kier alpha value is -1.32. The molecule has 96 valence electrons. The number of benzene rings is 1. The van der Waals surface area contributed by atoms with Crippen molar-refractivity contribution in [3.05, 3.63) is 51.9 Å². The van der Waals surface area contributed by atoms with Gasteiger partial charge in [-0.05, 0) is 32.4 Å². The number of hydrogen-bond acceptors (Lipinski definition) is 3. The van der Waals surface area contributed by atoms with Gasteiger partial charge in [-0.2, -0.15) is 0 Å². The average Bonchev–Trinajstić information content (AvgIpc) is 2.67. The monoisotopic (exact) mass is 264 g/mol. The van der Waals surface area contributed by atoms with Gasteiger partial charge in [0.25, 0.3) is 0 Å². The predicted octanol–water partition coefficient (Wildman–Crippen LogP) is 3.80. The van der Waals surface area contributed by atoms with Crippen LogP contribution >= 0.6 is 11.6 Å². The lowest BCUT2D eigenvalue weighted by molar-refractivity contribution is 0.391. The molecule has 3 nitrogen and oxygen atoms in total. The molecule has 1 heterocycles. The lowest BCUT2D eigenvalue weighted by atomic mass is 10.1. The summed E-state index contributed by atoms with van der Waals surface area (Å²) >= 11 is 6.17. The van der Waals surface area contributed by atoms with Crippen molar-refractivity contribution in [3.63, 3.8) is 0 Å². The molecule has 1 aromatic heterocycles. The molecular formula is C14H17ClN2O. The molecule has 2 rings (SSSR count). The highest BCUT2D eigenvalue weighted by molar-refractivity contribution is 6.31. The summed E-state index contributed by atoms with van der Waals surface area (Å²) in [4.78, 5) is 0. The van der Waals surface area contributed by atoms with E-state index in [1.807, 2.05) is 38.1 Å². The first-order valence-electron chi connectivity index (χ1n) is 5.99. The van der Waals surface area contributed by atoms with E-state index in [1.54, 1.807) is 0 Å². The minimum Gasteiger partial charge on any atom is -0.361 e. The maximum Gasteiger partial charge on any atom is 0.138 e. The first-order valence-corrected chi connectivity index (χ1v) is 6.37. The molecule has 1 aromatic carbocycles. The predicted molar refractivity (Wildman–Crippen MR) is 72.7 cm³/mol. The molecule has 0 aliphatic heterocycles.